The Morgan fingerprint density at radius 3 is 2.61 bits per heavy atom. The van der Waals surface area contributed by atoms with E-state index in [0.717, 1.165) is 61.8 Å². The second-order valence-corrected chi connectivity index (χ2v) is 13.6. The van der Waals surface area contributed by atoms with E-state index in [0.29, 0.717) is 34.9 Å². The van der Waals surface area contributed by atoms with Gasteiger partial charge in [-0.1, -0.05) is 27.7 Å². The molecule has 4 nitrogen and oxygen atoms in total. The lowest BCUT2D eigenvalue weighted by Crippen LogP contribution is -2.54. The summed E-state index contributed by atoms with van der Waals surface area (Å²) in [5.41, 5.74) is 0.902. The lowest BCUT2D eigenvalue weighted by Gasteiger charge is -2.61. The van der Waals surface area contributed by atoms with Gasteiger partial charge in [0.1, 0.15) is 0 Å². The summed E-state index contributed by atoms with van der Waals surface area (Å²) in [6.07, 6.45) is 13.2. The molecule has 188 valence electrons. The van der Waals surface area contributed by atoms with Crippen LogP contribution in [-0.2, 0) is 9.53 Å². The van der Waals surface area contributed by atoms with Gasteiger partial charge in [-0.15, -0.1) is 0 Å². The van der Waals surface area contributed by atoms with Gasteiger partial charge < -0.3 is 15.2 Å². The third kappa shape index (κ3) is 3.99. The number of nitrogens with one attached hydrogen (secondary N) is 1. The molecule has 4 saturated carbocycles. The van der Waals surface area contributed by atoms with Crippen molar-refractivity contribution >= 4 is 5.91 Å². The zero-order valence-corrected chi connectivity index (χ0v) is 21.8. The predicted molar refractivity (Wildman–Crippen MR) is 132 cm³/mol. The third-order valence-electron chi connectivity index (χ3n) is 11.9. The molecule has 2 N–H and O–H groups in total. The first kappa shape index (κ1) is 24.1. The highest BCUT2D eigenvalue weighted by atomic mass is 16.5. The van der Waals surface area contributed by atoms with Crippen molar-refractivity contribution in [3.8, 4) is 0 Å². The lowest BCUT2D eigenvalue weighted by molar-refractivity contribution is -0.130. The van der Waals surface area contributed by atoms with Gasteiger partial charge in [-0.3, -0.25) is 4.79 Å². The maximum atomic E-state index is 11.2. The van der Waals surface area contributed by atoms with Crippen LogP contribution in [0.1, 0.15) is 98.8 Å². The average Bonchev–Trinajstić information content (AvgIpc) is 3.24. The van der Waals surface area contributed by atoms with Crippen LogP contribution >= 0.6 is 0 Å². The maximum absolute atomic E-state index is 11.2. The SMILES string of the molecule is CC(=O)NCC(C)CCC1O[C@H]2C[C@H]3[C@@H]4CCC5CC(O)CC[C@]5(C)[C@H]4CC[C@]3(C)[C@H]2[C@@H]1C. The minimum atomic E-state index is -0.0496. The first-order valence-electron chi connectivity index (χ1n) is 14.2. The molecule has 0 bridgehead atoms. The van der Waals surface area contributed by atoms with Gasteiger partial charge in [0, 0.05) is 13.5 Å². The van der Waals surface area contributed by atoms with Gasteiger partial charge in [-0.2, -0.15) is 0 Å². The van der Waals surface area contributed by atoms with Crippen LogP contribution in [0.15, 0.2) is 0 Å². The molecule has 33 heavy (non-hydrogen) atoms. The monoisotopic (exact) mass is 459 g/mol. The third-order valence-corrected chi connectivity index (χ3v) is 11.9. The van der Waals surface area contributed by atoms with Crippen LogP contribution in [-0.4, -0.2) is 35.9 Å². The second kappa shape index (κ2) is 8.80. The number of fused-ring (bicyclic) bond motifs is 7. The molecule has 0 aromatic rings. The standard InChI is InChI=1S/C29H49NO3/c1-17(16-30-19(3)31)6-9-25-18(2)27-26(33-25)15-24-22-8-7-20-14-21(32)10-12-28(20,4)23(22)11-13-29(24,27)5/h17-18,20-27,32H,6-16H2,1-5H3,(H,30,31)/t17?,18-,20?,21?,22-,23+,24+,25?,26+,27+,28+,29+/m1/s1. The van der Waals surface area contributed by atoms with E-state index in [2.05, 4.69) is 33.0 Å². The van der Waals surface area contributed by atoms with Crippen LogP contribution in [0, 0.1) is 52.3 Å². The molecular formula is C29H49NO3. The molecule has 1 aliphatic heterocycles. The molecule has 5 fully saturated rings. The van der Waals surface area contributed by atoms with E-state index in [1.165, 1.54) is 38.5 Å². The summed E-state index contributed by atoms with van der Waals surface area (Å²) in [6.45, 7) is 12.3. The maximum Gasteiger partial charge on any atom is 0.216 e. The summed E-state index contributed by atoms with van der Waals surface area (Å²) < 4.78 is 6.84. The first-order valence-corrected chi connectivity index (χ1v) is 14.2. The number of hydrogen-bond donors (Lipinski definition) is 2. The molecule has 5 aliphatic rings. The van der Waals surface area contributed by atoms with Crippen LogP contribution in [0.4, 0.5) is 0 Å². The van der Waals surface area contributed by atoms with Crippen molar-refractivity contribution in [1.29, 1.82) is 0 Å². The smallest absolute Gasteiger partial charge is 0.216 e. The highest BCUT2D eigenvalue weighted by molar-refractivity contribution is 5.72. The van der Waals surface area contributed by atoms with E-state index in [1.54, 1.807) is 6.92 Å². The van der Waals surface area contributed by atoms with Crippen molar-refractivity contribution in [2.45, 2.75) is 117 Å². The summed E-state index contributed by atoms with van der Waals surface area (Å²) in [5, 5.41) is 13.3. The van der Waals surface area contributed by atoms with Gasteiger partial charge in [0.2, 0.25) is 5.91 Å². The fourth-order valence-electron chi connectivity index (χ4n) is 10.1. The number of aliphatic hydroxyl groups excluding tert-OH is 1. The molecule has 4 heteroatoms. The Kier molecular flexibility index (Phi) is 6.43. The van der Waals surface area contributed by atoms with Crippen molar-refractivity contribution < 1.29 is 14.6 Å². The van der Waals surface area contributed by atoms with E-state index < -0.39 is 0 Å². The lowest BCUT2D eigenvalue weighted by atomic mass is 9.44. The highest BCUT2D eigenvalue weighted by Gasteiger charge is 2.65. The summed E-state index contributed by atoms with van der Waals surface area (Å²) in [5.74, 6) is 5.26. The molecule has 0 aromatic heterocycles. The minimum absolute atomic E-state index is 0.0496. The quantitative estimate of drug-likeness (QED) is 0.565. The van der Waals surface area contributed by atoms with Crippen LogP contribution < -0.4 is 5.32 Å². The van der Waals surface area contributed by atoms with Crippen molar-refractivity contribution in [3.05, 3.63) is 0 Å². The summed E-state index contributed by atoms with van der Waals surface area (Å²) in [7, 11) is 0. The van der Waals surface area contributed by atoms with Crippen LogP contribution in [0.2, 0.25) is 0 Å². The van der Waals surface area contributed by atoms with Crippen molar-refractivity contribution in [2.24, 2.45) is 52.3 Å². The minimum Gasteiger partial charge on any atom is -0.393 e. The number of carbonyl (C=O) groups excluding carboxylic acids is 1. The molecule has 5 rings (SSSR count). The van der Waals surface area contributed by atoms with Crippen molar-refractivity contribution in [3.63, 3.8) is 0 Å². The Hall–Kier alpha value is -0.610. The van der Waals surface area contributed by atoms with E-state index >= 15 is 0 Å². The Labute approximate surface area is 202 Å². The summed E-state index contributed by atoms with van der Waals surface area (Å²) in [4.78, 5) is 11.2. The first-order chi connectivity index (χ1) is 15.6. The molecule has 4 unspecified atom stereocenters. The number of amides is 1. The van der Waals surface area contributed by atoms with Crippen molar-refractivity contribution in [2.75, 3.05) is 6.54 Å². The van der Waals surface area contributed by atoms with Crippen LogP contribution in [0.3, 0.4) is 0 Å². The average molecular weight is 460 g/mol. The molecule has 1 heterocycles. The van der Waals surface area contributed by atoms with E-state index in [9.17, 15) is 9.90 Å². The van der Waals surface area contributed by atoms with Gasteiger partial charge >= 0.3 is 0 Å². The van der Waals surface area contributed by atoms with E-state index in [1.807, 2.05) is 0 Å². The van der Waals surface area contributed by atoms with Gasteiger partial charge in [-0.05, 0) is 116 Å². The Bertz CT molecular complexity index is 740. The molecule has 0 aromatic carbocycles. The van der Waals surface area contributed by atoms with Crippen molar-refractivity contribution in [1.82, 2.24) is 5.32 Å². The van der Waals surface area contributed by atoms with Gasteiger partial charge in [-0.25, -0.2) is 0 Å². The predicted octanol–water partition coefficient (Wildman–Crippen LogP) is 5.57. The van der Waals surface area contributed by atoms with E-state index in [4.69, 9.17) is 4.74 Å². The Morgan fingerprint density at radius 1 is 1.09 bits per heavy atom. The van der Waals surface area contributed by atoms with Gasteiger partial charge in [0.25, 0.3) is 0 Å². The number of aliphatic hydroxyl groups is 1. The summed E-state index contributed by atoms with van der Waals surface area (Å²) in [6, 6.07) is 0. The van der Waals surface area contributed by atoms with E-state index in [-0.39, 0.29) is 12.0 Å². The molecule has 1 amide bonds. The molecule has 0 spiro atoms. The van der Waals surface area contributed by atoms with Crippen LogP contribution in [0.5, 0.6) is 0 Å². The van der Waals surface area contributed by atoms with Gasteiger partial charge in [0.05, 0.1) is 18.3 Å². The molecule has 12 atom stereocenters. The van der Waals surface area contributed by atoms with Crippen LogP contribution in [0.25, 0.3) is 0 Å². The number of ether oxygens (including phenoxy) is 1. The number of carbonyl (C=O) groups is 1. The van der Waals surface area contributed by atoms with Gasteiger partial charge in [0.15, 0.2) is 0 Å². The highest BCUT2D eigenvalue weighted by Crippen LogP contribution is 2.70. The topological polar surface area (TPSA) is 58.6 Å². The Balaban J connectivity index is 1.25. The largest absolute Gasteiger partial charge is 0.393 e. The zero-order chi connectivity index (χ0) is 23.5. The molecular weight excluding hydrogens is 410 g/mol. The fraction of sp³-hybridized carbons (Fsp3) is 0.966. The molecule has 0 radical (unpaired) electrons. The normalized spacial score (nSPS) is 51.8. The summed E-state index contributed by atoms with van der Waals surface area (Å²) >= 11 is 0. The number of rotatable bonds is 5. The zero-order valence-electron chi connectivity index (χ0n) is 21.8. The number of hydrogen-bond acceptors (Lipinski definition) is 3. The second-order valence-electron chi connectivity index (χ2n) is 13.6. The molecule has 1 saturated heterocycles. The Morgan fingerprint density at radius 2 is 1.85 bits per heavy atom. The molecule has 4 aliphatic carbocycles. The fourth-order valence-corrected chi connectivity index (χ4v) is 10.1.